The molecule has 3 nitrogen and oxygen atoms in total. The molecule has 2 rings (SSSR count). The maximum atomic E-state index is 6.06. The fraction of sp³-hybridized carbons (Fsp3) is 0.625. The van der Waals surface area contributed by atoms with Crippen molar-refractivity contribution in [3.8, 4) is 5.75 Å². The molecule has 0 aliphatic heterocycles. The molecule has 0 spiro atoms. The number of rotatable bonds is 4. The quantitative estimate of drug-likeness (QED) is 0.809. The van der Waals surface area contributed by atoms with Gasteiger partial charge >= 0.3 is 0 Å². The summed E-state index contributed by atoms with van der Waals surface area (Å²) in [5, 5.41) is 3.65. The number of benzene rings is 1. The minimum absolute atomic E-state index is 0.531. The number of methoxy groups -OCH3 is 1. The maximum absolute atomic E-state index is 6.06. The Hall–Kier alpha value is -1.38. The first kappa shape index (κ1) is 14.0. The summed E-state index contributed by atoms with van der Waals surface area (Å²) >= 11 is 0. The second kappa shape index (κ2) is 6.18. The van der Waals surface area contributed by atoms with E-state index in [1.54, 1.807) is 7.11 Å². The highest BCUT2D eigenvalue weighted by atomic mass is 16.5. The molecular formula is C16H26N2O. The molecule has 1 saturated carbocycles. The summed E-state index contributed by atoms with van der Waals surface area (Å²) in [6, 6.07) is 6.35. The van der Waals surface area contributed by atoms with Crippen molar-refractivity contribution >= 4 is 11.4 Å². The van der Waals surface area contributed by atoms with Gasteiger partial charge in [0.2, 0.25) is 0 Å². The molecule has 3 N–H and O–H groups in total. The molecule has 3 heteroatoms. The van der Waals surface area contributed by atoms with Crippen LogP contribution in [0.15, 0.2) is 18.2 Å². The van der Waals surface area contributed by atoms with Crippen molar-refractivity contribution in [1.29, 1.82) is 0 Å². The summed E-state index contributed by atoms with van der Waals surface area (Å²) in [6.07, 6.45) is 5.22. The predicted molar refractivity (Wildman–Crippen MR) is 81.6 cm³/mol. The number of ether oxygens (including phenoxy) is 1. The molecule has 1 aromatic carbocycles. The van der Waals surface area contributed by atoms with Gasteiger partial charge in [-0.15, -0.1) is 0 Å². The molecule has 0 bridgehead atoms. The summed E-state index contributed by atoms with van der Waals surface area (Å²) in [5.41, 5.74) is 7.88. The summed E-state index contributed by atoms with van der Waals surface area (Å²) in [6.45, 7) is 4.64. The van der Waals surface area contributed by atoms with Crippen molar-refractivity contribution in [2.24, 2.45) is 11.8 Å². The maximum Gasteiger partial charge on any atom is 0.121 e. The number of hydrogen-bond donors (Lipinski definition) is 2. The van der Waals surface area contributed by atoms with Crippen LogP contribution >= 0.6 is 0 Å². The van der Waals surface area contributed by atoms with Crippen LogP contribution in [0.2, 0.25) is 0 Å². The average molecular weight is 262 g/mol. The van der Waals surface area contributed by atoms with Crippen molar-refractivity contribution in [2.45, 2.75) is 45.6 Å². The minimum atomic E-state index is 0.531. The van der Waals surface area contributed by atoms with Crippen LogP contribution in [-0.2, 0) is 0 Å². The molecule has 0 aromatic heterocycles. The molecule has 2 atom stereocenters. The van der Waals surface area contributed by atoms with Crippen LogP contribution in [0.3, 0.4) is 0 Å². The third kappa shape index (κ3) is 3.34. The van der Waals surface area contributed by atoms with Gasteiger partial charge in [-0.3, -0.25) is 0 Å². The lowest BCUT2D eigenvalue weighted by Crippen LogP contribution is -2.35. The Morgan fingerprint density at radius 1 is 1.26 bits per heavy atom. The lowest BCUT2D eigenvalue weighted by Gasteiger charge is -2.35. The number of nitrogens with two attached hydrogens (primary N) is 1. The highest BCUT2D eigenvalue weighted by molar-refractivity contribution is 5.68. The number of nitrogens with one attached hydrogen (secondary N) is 1. The number of anilines is 2. The molecule has 0 heterocycles. The van der Waals surface area contributed by atoms with Crippen LogP contribution in [0, 0.1) is 11.8 Å². The highest BCUT2D eigenvalue weighted by Crippen LogP contribution is 2.34. The van der Waals surface area contributed by atoms with E-state index in [1.165, 1.54) is 25.7 Å². The van der Waals surface area contributed by atoms with Gasteiger partial charge in [-0.25, -0.2) is 0 Å². The monoisotopic (exact) mass is 262 g/mol. The number of hydrogen-bond acceptors (Lipinski definition) is 3. The van der Waals surface area contributed by atoms with Gasteiger partial charge in [-0.05, 0) is 36.8 Å². The van der Waals surface area contributed by atoms with Crippen molar-refractivity contribution < 1.29 is 4.74 Å². The molecule has 1 aliphatic carbocycles. The Labute approximate surface area is 116 Å². The van der Waals surface area contributed by atoms with E-state index in [9.17, 15) is 0 Å². The lowest BCUT2D eigenvalue weighted by molar-refractivity contribution is 0.254. The van der Waals surface area contributed by atoms with E-state index in [2.05, 4.69) is 19.2 Å². The molecule has 19 heavy (non-hydrogen) atoms. The summed E-state index contributed by atoms with van der Waals surface area (Å²) in [5.74, 6) is 2.30. The van der Waals surface area contributed by atoms with Gasteiger partial charge in [-0.1, -0.05) is 26.7 Å². The first-order valence-corrected chi connectivity index (χ1v) is 7.32. The Morgan fingerprint density at radius 3 is 2.68 bits per heavy atom. The minimum Gasteiger partial charge on any atom is -0.497 e. The van der Waals surface area contributed by atoms with Gasteiger partial charge in [0.05, 0.1) is 18.5 Å². The van der Waals surface area contributed by atoms with Crippen molar-refractivity contribution in [3.05, 3.63) is 18.2 Å². The summed E-state index contributed by atoms with van der Waals surface area (Å²) < 4.78 is 5.28. The molecule has 106 valence electrons. The topological polar surface area (TPSA) is 47.3 Å². The zero-order valence-electron chi connectivity index (χ0n) is 12.3. The smallest absolute Gasteiger partial charge is 0.121 e. The van der Waals surface area contributed by atoms with E-state index in [-0.39, 0.29) is 0 Å². The van der Waals surface area contributed by atoms with Gasteiger partial charge in [0.25, 0.3) is 0 Å². The Bertz CT molecular complexity index is 417. The molecule has 1 aromatic rings. The molecule has 1 fully saturated rings. The van der Waals surface area contributed by atoms with Crippen LogP contribution in [-0.4, -0.2) is 13.2 Å². The number of nitrogen functional groups attached to an aromatic ring is 1. The van der Waals surface area contributed by atoms with E-state index < -0.39 is 0 Å². The van der Waals surface area contributed by atoms with E-state index in [0.29, 0.717) is 12.0 Å². The second-order valence-electron chi connectivity index (χ2n) is 5.90. The lowest BCUT2D eigenvalue weighted by atomic mass is 9.77. The van der Waals surface area contributed by atoms with Gasteiger partial charge in [0.15, 0.2) is 0 Å². The SMILES string of the molecule is COc1ccc(N)c(NC2CCCCC2C(C)C)c1. The van der Waals surface area contributed by atoms with Crippen LogP contribution < -0.4 is 15.8 Å². The van der Waals surface area contributed by atoms with E-state index in [4.69, 9.17) is 10.5 Å². The summed E-state index contributed by atoms with van der Waals surface area (Å²) in [4.78, 5) is 0. The molecule has 0 radical (unpaired) electrons. The Balaban J connectivity index is 2.14. The van der Waals surface area contributed by atoms with Crippen LogP contribution in [0.4, 0.5) is 11.4 Å². The van der Waals surface area contributed by atoms with Crippen LogP contribution in [0.5, 0.6) is 5.75 Å². The first-order chi connectivity index (χ1) is 9.11. The second-order valence-corrected chi connectivity index (χ2v) is 5.90. The van der Waals surface area contributed by atoms with E-state index >= 15 is 0 Å². The van der Waals surface area contributed by atoms with Gasteiger partial charge in [0, 0.05) is 12.1 Å². The van der Waals surface area contributed by atoms with E-state index in [1.807, 2.05) is 18.2 Å². The third-order valence-corrected chi connectivity index (χ3v) is 4.28. The normalized spacial score (nSPS) is 23.4. The first-order valence-electron chi connectivity index (χ1n) is 7.32. The Morgan fingerprint density at radius 2 is 2.00 bits per heavy atom. The largest absolute Gasteiger partial charge is 0.497 e. The Kier molecular flexibility index (Phi) is 4.56. The highest BCUT2D eigenvalue weighted by Gasteiger charge is 2.27. The fourth-order valence-electron chi connectivity index (χ4n) is 3.12. The molecular weight excluding hydrogens is 236 g/mol. The third-order valence-electron chi connectivity index (χ3n) is 4.28. The van der Waals surface area contributed by atoms with Gasteiger partial charge < -0.3 is 15.8 Å². The van der Waals surface area contributed by atoms with Gasteiger partial charge in [-0.2, -0.15) is 0 Å². The fourth-order valence-corrected chi connectivity index (χ4v) is 3.12. The van der Waals surface area contributed by atoms with Crippen LogP contribution in [0.25, 0.3) is 0 Å². The predicted octanol–water partition coefficient (Wildman–Crippen LogP) is 3.90. The zero-order chi connectivity index (χ0) is 13.8. The molecule has 0 saturated heterocycles. The molecule has 0 amide bonds. The average Bonchev–Trinajstić information content (AvgIpc) is 2.41. The molecule has 2 unspecified atom stereocenters. The van der Waals surface area contributed by atoms with Crippen molar-refractivity contribution in [3.63, 3.8) is 0 Å². The zero-order valence-corrected chi connectivity index (χ0v) is 12.3. The van der Waals surface area contributed by atoms with Crippen LogP contribution in [0.1, 0.15) is 39.5 Å². The van der Waals surface area contributed by atoms with Gasteiger partial charge in [0.1, 0.15) is 5.75 Å². The van der Waals surface area contributed by atoms with E-state index in [0.717, 1.165) is 23.0 Å². The molecule has 1 aliphatic rings. The standard InChI is InChI=1S/C16H26N2O/c1-11(2)13-6-4-5-7-15(13)18-16-10-12(19-3)8-9-14(16)17/h8-11,13,15,18H,4-7,17H2,1-3H3. The van der Waals surface area contributed by atoms with Crippen molar-refractivity contribution in [2.75, 3.05) is 18.2 Å². The van der Waals surface area contributed by atoms with Crippen molar-refractivity contribution in [1.82, 2.24) is 0 Å². The summed E-state index contributed by atoms with van der Waals surface area (Å²) in [7, 11) is 1.69.